The van der Waals surface area contributed by atoms with Crippen LogP contribution in [0, 0.1) is 6.92 Å². The third-order valence-electron chi connectivity index (χ3n) is 4.35. The fourth-order valence-electron chi connectivity index (χ4n) is 2.87. The van der Waals surface area contributed by atoms with Gasteiger partial charge in [0.1, 0.15) is 11.5 Å². The molecule has 0 saturated carbocycles. The molecule has 0 bridgehead atoms. The van der Waals surface area contributed by atoms with Gasteiger partial charge in [-0.05, 0) is 43.3 Å². The molecule has 0 atom stereocenters. The van der Waals surface area contributed by atoms with Crippen molar-refractivity contribution < 1.29 is 19.1 Å². The molecular formula is C23H22N2O4. The predicted octanol–water partition coefficient (Wildman–Crippen LogP) is 4.52. The lowest BCUT2D eigenvalue weighted by Gasteiger charge is -2.14. The highest BCUT2D eigenvalue weighted by Crippen LogP contribution is 2.30. The third-order valence-corrected chi connectivity index (χ3v) is 4.35. The van der Waals surface area contributed by atoms with E-state index in [9.17, 15) is 9.59 Å². The lowest BCUT2D eigenvalue weighted by molar-refractivity contribution is 0.102. The molecule has 0 radical (unpaired) electrons. The van der Waals surface area contributed by atoms with Crippen LogP contribution in [0.15, 0.2) is 66.7 Å². The van der Waals surface area contributed by atoms with Crippen molar-refractivity contribution >= 4 is 23.2 Å². The topological polar surface area (TPSA) is 76.7 Å². The summed E-state index contributed by atoms with van der Waals surface area (Å²) in [6.45, 7) is 1.92. The maximum Gasteiger partial charge on any atom is 0.257 e. The summed E-state index contributed by atoms with van der Waals surface area (Å²) in [7, 11) is 3.07. The summed E-state index contributed by atoms with van der Waals surface area (Å²) in [6, 6.07) is 19.2. The standard InChI is InChI=1S/C23H22N2O4/c1-15-7-6-8-16(13-15)22(26)24-19-10-5-4-9-18(19)23(27)25-20-14-17(28-2)11-12-21(20)29-3/h4-14H,1-3H3,(H,24,26)(H,25,27). The summed E-state index contributed by atoms with van der Waals surface area (Å²) in [5.41, 5.74) is 2.72. The Balaban J connectivity index is 1.85. The molecule has 3 rings (SSSR count). The molecule has 6 heteroatoms. The number of hydrogen-bond donors (Lipinski definition) is 2. The maximum absolute atomic E-state index is 12.9. The van der Waals surface area contributed by atoms with E-state index < -0.39 is 0 Å². The largest absolute Gasteiger partial charge is 0.497 e. The van der Waals surface area contributed by atoms with Crippen molar-refractivity contribution in [2.24, 2.45) is 0 Å². The van der Waals surface area contributed by atoms with Crippen molar-refractivity contribution in [1.29, 1.82) is 0 Å². The van der Waals surface area contributed by atoms with E-state index in [0.717, 1.165) is 5.56 Å². The van der Waals surface area contributed by atoms with Gasteiger partial charge in [0.25, 0.3) is 11.8 Å². The summed E-state index contributed by atoms with van der Waals surface area (Å²) >= 11 is 0. The third kappa shape index (κ3) is 4.73. The highest BCUT2D eigenvalue weighted by Gasteiger charge is 2.16. The lowest BCUT2D eigenvalue weighted by Crippen LogP contribution is -2.18. The van der Waals surface area contributed by atoms with E-state index in [4.69, 9.17) is 9.47 Å². The maximum atomic E-state index is 12.9. The van der Waals surface area contributed by atoms with Crippen LogP contribution >= 0.6 is 0 Å². The van der Waals surface area contributed by atoms with E-state index in [-0.39, 0.29) is 11.8 Å². The minimum atomic E-state index is -0.378. The van der Waals surface area contributed by atoms with Gasteiger partial charge in [-0.25, -0.2) is 0 Å². The van der Waals surface area contributed by atoms with Gasteiger partial charge in [-0.3, -0.25) is 9.59 Å². The Hall–Kier alpha value is -3.80. The van der Waals surface area contributed by atoms with Crippen molar-refractivity contribution in [2.45, 2.75) is 6.92 Å². The second-order valence-electron chi connectivity index (χ2n) is 6.39. The van der Waals surface area contributed by atoms with Gasteiger partial charge in [0.15, 0.2) is 0 Å². The van der Waals surface area contributed by atoms with Crippen LogP contribution in [0.2, 0.25) is 0 Å². The molecule has 0 fully saturated rings. The van der Waals surface area contributed by atoms with Crippen LogP contribution in [0.4, 0.5) is 11.4 Å². The average molecular weight is 390 g/mol. The number of anilines is 2. The van der Waals surface area contributed by atoms with Gasteiger partial charge in [-0.2, -0.15) is 0 Å². The Bertz CT molecular complexity index is 1050. The Morgan fingerprint density at radius 3 is 2.24 bits per heavy atom. The number of methoxy groups -OCH3 is 2. The number of benzene rings is 3. The molecule has 0 spiro atoms. The number of para-hydroxylation sites is 1. The number of aryl methyl sites for hydroxylation is 1. The van der Waals surface area contributed by atoms with Crippen LogP contribution in [0.3, 0.4) is 0 Å². The Morgan fingerprint density at radius 2 is 1.52 bits per heavy atom. The van der Waals surface area contributed by atoms with Crippen molar-refractivity contribution in [3.05, 3.63) is 83.4 Å². The predicted molar refractivity (Wildman–Crippen MR) is 113 cm³/mol. The first-order chi connectivity index (χ1) is 14.0. The molecule has 0 aliphatic rings. The number of nitrogens with one attached hydrogen (secondary N) is 2. The molecule has 3 aromatic rings. The molecule has 29 heavy (non-hydrogen) atoms. The molecule has 2 N–H and O–H groups in total. The zero-order chi connectivity index (χ0) is 20.8. The SMILES string of the molecule is COc1ccc(OC)c(NC(=O)c2ccccc2NC(=O)c2cccc(C)c2)c1. The summed E-state index contributed by atoms with van der Waals surface area (Å²) < 4.78 is 10.5. The fraction of sp³-hybridized carbons (Fsp3) is 0.130. The lowest BCUT2D eigenvalue weighted by atomic mass is 10.1. The first kappa shape index (κ1) is 19.9. The fourth-order valence-corrected chi connectivity index (χ4v) is 2.87. The molecule has 148 valence electrons. The van der Waals surface area contributed by atoms with Gasteiger partial charge in [0.2, 0.25) is 0 Å². The first-order valence-electron chi connectivity index (χ1n) is 9.02. The van der Waals surface area contributed by atoms with Crippen LogP contribution in [0.25, 0.3) is 0 Å². The number of rotatable bonds is 6. The molecule has 2 amide bonds. The summed E-state index contributed by atoms with van der Waals surface area (Å²) in [5.74, 6) is 0.423. The molecule has 6 nitrogen and oxygen atoms in total. The van der Waals surface area contributed by atoms with Crippen LogP contribution in [0.5, 0.6) is 11.5 Å². The Kier molecular flexibility index (Phi) is 6.14. The van der Waals surface area contributed by atoms with Crippen molar-refractivity contribution in [2.75, 3.05) is 24.9 Å². The average Bonchev–Trinajstić information content (AvgIpc) is 2.74. The number of carbonyl (C=O) groups is 2. The Labute approximate surface area is 169 Å². The number of amides is 2. The van der Waals surface area contributed by atoms with Gasteiger partial charge in [0.05, 0.1) is 31.2 Å². The van der Waals surface area contributed by atoms with E-state index in [1.807, 2.05) is 19.1 Å². The highest BCUT2D eigenvalue weighted by molar-refractivity contribution is 6.12. The molecule has 0 aliphatic carbocycles. The van der Waals surface area contributed by atoms with Crippen molar-refractivity contribution in [3.63, 3.8) is 0 Å². The number of hydrogen-bond acceptors (Lipinski definition) is 4. The van der Waals surface area contributed by atoms with E-state index in [1.165, 1.54) is 7.11 Å². The van der Waals surface area contributed by atoms with Gasteiger partial charge in [-0.1, -0.05) is 29.8 Å². The van der Waals surface area contributed by atoms with Gasteiger partial charge < -0.3 is 20.1 Å². The Morgan fingerprint density at radius 1 is 0.759 bits per heavy atom. The second kappa shape index (κ2) is 8.93. The van der Waals surface area contributed by atoms with Gasteiger partial charge in [-0.15, -0.1) is 0 Å². The minimum Gasteiger partial charge on any atom is -0.497 e. The first-order valence-corrected chi connectivity index (χ1v) is 9.02. The zero-order valence-corrected chi connectivity index (χ0v) is 16.5. The molecule has 3 aromatic carbocycles. The summed E-state index contributed by atoms with van der Waals surface area (Å²) in [4.78, 5) is 25.5. The summed E-state index contributed by atoms with van der Waals surface area (Å²) in [5, 5.41) is 5.64. The molecule has 0 unspecified atom stereocenters. The van der Waals surface area contributed by atoms with Crippen molar-refractivity contribution in [1.82, 2.24) is 0 Å². The highest BCUT2D eigenvalue weighted by atomic mass is 16.5. The molecule has 0 heterocycles. The smallest absolute Gasteiger partial charge is 0.257 e. The zero-order valence-electron chi connectivity index (χ0n) is 16.5. The van der Waals surface area contributed by atoms with Crippen LogP contribution in [0.1, 0.15) is 26.3 Å². The number of ether oxygens (including phenoxy) is 2. The number of carbonyl (C=O) groups excluding carboxylic acids is 2. The van der Waals surface area contributed by atoms with Gasteiger partial charge >= 0.3 is 0 Å². The van der Waals surface area contributed by atoms with Crippen LogP contribution < -0.4 is 20.1 Å². The minimum absolute atomic E-state index is 0.284. The van der Waals surface area contributed by atoms with Crippen LogP contribution in [-0.4, -0.2) is 26.0 Å². The summed E-state index contributed by atoms with van der Waals surface area (Å²) in [6.07, 6.45) is 0. The molecule has 0 saturated heterocycles. The van der Waals surface area contributed by atoms with E-state index in [1.54, 1.807) is 61.7 Å². The second-order valence-corrected chi connectivity index (χ2v) is 6.39. The van der Waals surface area contributed by atoms with E-state index in [2.05, 4.69) is 10.6 Å². The normalized spacial score (nSPS) is 10.2. The van der Waals surface area contributed by atoms with Crippen LogP contribution in [-0.2, 0) is 0 Å². The molecule has 0 aliphatic heterocycles. The van der Waals surface area contributed by atoms with Crippen molar-refractivity contribution in [3.8, 4) is 11.5 Å². The van der Waals surface area contributed by atoms with Gasteiger partial charge in [0, 0.05) is 11.6 Å². The van der Waals surface area contributed by atoms with E-state index in [0.29, 0.717) is 34.0 Å². The van der Waals surface area contributed by atoms with E-state index >= 15 is 0 Å². The quantitative estimate of drug-likeness (QED) is 0.649. The molecular weight excluding hydrogens is 368 g/mol. The monoisotopic (exact) mass is 390 g/mol. The molecule has 0 aromatic heterocycles.